The average Bonchev–Trinajstić information content (AvgIpc) is 3.20. The van der Waals surface area contributed by atoms with Crippen molar-refractivity contribution in [1.82, 2.24) is 0 Å². The number of esters is 1. The SMILES string of the molecule is CC(=O)O[C@H]1CC[C@@]2(C)C(=CC[C@H]3[C@@H]4CC[C@H]([C@H](C)COS(=O)(=O)c5ccc(C)cc5)[C@@]4(C)CC[C@@H]32)C1. The molecule has 5 rings (SSSR count). The first-order valence-electron chi connectivity index (χ1n) is 14.3. The fourth-order valence-electron chi connectivity index (χ4n) is 9.02. The molecule has 1 aromatic carbocycles. The van der Waals surface area contributed by atoms with E-state index in [2.05, 4.69) is 26.8 Å². The van der Waals surface area contributed by atoms with Gasteiger partial charge in [-0.05, 0) is 104 Å². The van der Waals surface area contributed by atoms with Gasteiger partial charge in [0, 0.05) is 13.3 Å². The maximum atomic E-state index is 12.8. The maximum absolute atomic E-state index is 12.8. The number of hydrogen-bond donors (Lipinski definition) is 0. The van der Waals surface area contributed by atoms with Gasteiger partial charge >= 0.3 is 5.97 Å². The van der Waals surface area contributed by atoms with E-state index in [0.717, 1.165) is 37.7 Å². The molecule has 4 aliphatic carbocycles. The smallest absolute Gasteiger partial charge is 0.302 e. The van der Waals surface area contributed by atoms with E-state index in [1.165, 1.54) is 31.8 Å². The van der Waals surface area contributed by atoms with E-state index >= 15 is 0 Å². The Balaban J connectivity index is 1.27. The molecular weight excluding hydrogens is 484 g/mol. The molecule has 3 fully saturated rings. The van der Waals surface area contributed by atoms with Crippen LogP contribution in [0.5, 0.6) is 0 Å². The number of ether oxygens (including phenoxy) is 1. The number of carbonyl (C=O) groups is 1. The Morgan fingerprint density at radius 1 is 1.05 bits per heavy atom. The molecule has 0 saturated heterocycles. The van der Waals surface area contributed by atoms with Crippen molar-refractivity contribution in [2.24, 2.45) is 40.4 Å². The highest BCUT2D eigenvalue weighted by Crippen LogP contribution is 2.67. The van der Waals surface area contributed by atoms with Crippen molar-refractivity contribution in [3.05, 3.63) is 41.5 Å². The molecular formula is C31H44O5S. The molecule has 3 saturated carbocycles. The molecule has 0 N–H and O–H groups in total. The molecule has 0 aliphatic heterocycles. The third-order valence-electron chi connectivity index (χ3n) is 10.9. The van der Waals surface area contributed by atoms with Crippen LogP contribution in [0, 0.1) is 47.3 Å². The van der Waals surface area contributed by atoms with E-state index < -0.39 is 10.1 Å². The largest absolute Gasteiger partial charge is 0.462 e. The van der Waals surface area contributed by atoms with Gasteiger partial charge in [0.2, 0.25) is 0 Å². The van der Waals surface area contributed by atoms with Crippen LogP contribution in [0.2, 0.25) is 0 Å². The summed E-state index contributed by atoms with van der Waals surface area (Å²) in [5, 5.41) is 0. The summed E-state index contributed by atoms with van der Waals surface area (Å²) in [4.78, 5) is 11.8. The molecule has 37 heavy (non-hydrogen) atoms. The van der Waals surface area contributed by atoms with E-state index in [1.54, 1.807) is 12.1 Å². The predicted molar refractivity (Wildman–Crippen MR) is 144 cm³/mol. The average molecular weight is 529 g/mol. The van der Waals surface area contributed by atoms with Crippen molar-refractivity contribution in [3.8, 4) is 0 Å². The highest BCUT2D eigenvalue weighted by atomic mass is 32.2. The van der Waals surface area contributed by atoms with Gasteiger partial charge in [-0.25, -0.2) is 0 Å². The monoisotopic (exact) mass is 528 g/mol. The molecule has 6 heteroatoms. The van der Waals surface area contributed by atoms with Crippen LogP contribution >= 0.6 is 0 Å². The molecule has 0 radical (unpaired) electrons. The summed E-state index contributed by atoms with van der Waals surface area (Å²) in [5.41, 5.74) is 3.00. The van der Waals surface area contributed by atoms with Crippen LogP contribution < -0.4 is 0 Å². The van der Waals surface area contributed by atoms with Crippen molar-refractivity contribution >= 4 is 16.1 Å². The van der Waals surface area contributed by atoms with Crippen LogP contribution in [0.1, 0.15) is 84.6 Å². The van der Waals surface area contributed by atoms with Crippen molar-refractivity contribution in [2.75, 3.05) is 6.61 Å². The third kappa shape index (κ3) is 4.82. The van der Waals surface area contributed by atoms with E-state index in [-0.39, 0.29) is 40.3 Å². The predicted octanol–water partition coefficient (Wildman–Crippen LogP) is 6.85. The van der Waals surface area contributed by atoms with Gasteiger partial charge in [0.25, 0.3) is 10.1 Å². The minimum absolute atomic E-state index is 0.0372. The Morgan fingerprint density at radius 3 is 2.49 bits per heavy atom. The summed E-state index contributed by atoms with van der Waals surface area (Å²) < 4.78 is 36.8. The molecule has 204 valence electrons. The summed E-state index contributed by atoms with van der Waals surface area (Å²) in [6.45, 7) is 10.9. The Hall–Kier alpha value is -1.66. The van der Waals surface area contributed by atoms with Gasteiger partial charge in [-0.2, -0.15) is 8.42 Å². The molecule has 1 aromatic rings. The van der Waals surface area contributed by atoms with E-state index in [9.17, 15) is 13.2 Å². The zero-order valence-electron chi connectivity index (χ0n) is 23.2. The van der Waals surface area contributed by atoms with E-state index in [0.29, 0.717) is 23.7 Å². The van der Waals surface area contributed by atoms with Gasteiger partial charge in [0.15, 0.2) is 0 Å². The molecule has 0 bridgehead atoms. The minimum atomic E-state index is -3.74. The van der Waals surface area contributed by atoms with Crippen molar-refractivity contribution < 1.29 is 22.1 Å². The first kappa shape index (κ1) is 26.9. The Bertz CT molecular complexity index is 1150. The number of aryl methyl sites for hydroxylation is 1. The van der Waals surface area contributed by atoms with Crippen LogP contribution in [0.4, 0.5) is 0 Å². The van der Waals surface area contributed by atoms with E-state index in [4.69, 9.17) is 8.92 Å². The molecule has 0 spiro atoms. The number of hydrogen-bond acceptors (Lipinski definition) is 5. The fourth-order valence-corrected chi connectivity index (χ4v) is 10.0. The van der Waals surface area contributed by atoms with Gasteiger partial charge in [-0.1, -0.05) is 50.1 Å². The molecule has 0 unspecified atom stereocenters. The lowest BCUT2D eigenvalue weighted by Gasteiger charge is -2.58. The second kappa shape index (κ2) is 9.82. The Kier molecular flexibility index (Phi) is 7.15. The lowest BCUT2D eigenvalue weighted by molar-refractivity contribution is -0.148. The highest BCUT2D eigenvalue weighted by molar-refractivity contribution is 7.86. The molecule has 5 nitrogen and oxygen atoms in total. The normalized spacial score (nSPS) is 38.1. The van der Waals surface area contributed by atoms with Crippen molar-refractivity contribution in [1.29, 1.82) is 0 Å². The summed E-state index contributed by atoms with van der Waals surface area (Å²) in [5.74, 6) is 2.55. The van der Waals surface area contributed by atoms with Gasteiger partial charge in [0.1, 0.15) is 6.10 Å². The molecule has 0 amide bonds. The fraction of sp³-hybridized carbons (Fsp3) is 0.710. The zero-order valence-corrected chi connectivity index (χ0v) is 24.0. The third-order valence-corrected chi connectivity index (χ3v) is 12.2. The first-order valence-corrected chi connectivity index (χ1v) is 15.7. The van der Waals surface area contributed by atoms with Crippen LogP contribution in [0.15, 0.2) is 40.8 Å². The first-order chi connectivity index (χ1) is 17.4. The number of benzene rings is 1. The van der Waals surface area contributed by atoms with Gasteiger partial charge in [-0.15, -0.1) is 0 Å². The number of allylic oxidation sites excluding steroid dienone is 1. The second-order valence-electron chi connectivity index (χ2n) is 13.0. The van der Waals surface area contributed by atoms with Gasteiger partial charge in [-0.3, -0.25) is 8.98 Å². The standard InChI is InChI=1S/C31H44O5S/c1-20-6-9-25(10-7-20)37(33,34)35-19-21(2)27-12-13-28-26-11-8-23-18-24(36-22(3)32)14-16-30(23,4)29(26)15-17-31(27,28)5/h6-10,21,24,26-29H,11-19H2,1-5H3/t21-,24+,26+,27-,28+,29+,30+,31-/m1/s1. The lowest BCUT2D eigenvalue weighted by atomic mass is 9.47. The van der Waals surface area contributed by atoms with Crippen LogP contribution in [-0.2, 0) is 23.8 Å². The summed E-state index contributed by atoms with van der Waals surface area (Å²) in [6, 6.07) is 6.89. The molecule has 8 atom stereocenters. The minimum Gasteiger partial charge on any atom is -0.462 e. The zero-order chi connectivity index (χ0) is 26.6. The van der Waals surface area contributed by atoms with Crippen LogP contribution in [0.25, 0.3) is 0 Å². The molecule has 0 heterocycles. The summed E-state index contributed by atoms with van der Waals surface area (Å²) >= 11 is 0. The van der Waals surface area contributed by atoms with Gasteiger partial charge < -0.3 is 4.74 Å². The second-order valence-corrected chi connectivity index (χ2v) is 14.6. The van der Waals surface area contributed by atoms with Gasteiger partial charge in [0.05, 0.1) is 11.5 Å². The Morgan fingerprint density at radius 2 is 1.78 bits per heavy atom. The highest BCUT2D eigenvalue weighted by Gasteiger charge is 2.59. The molecule has 0 aromatic heterocycles. The molecule has 4 aliphatic rings. The number of fused-ring (bicyclic) bond motifs is 5. The summed E-state index contributed by atoms with van der Waals surface area (Å²) in [7, 11) is -3.74. The van der Waals surface area contributed by atoms with E-state index in [1.807, 2.05) is 19.1 Å². The van der Waals surface area contributed by atoms with Crippen molar-refractivity contribution in [3.63, 3.8) is 0 Å². The number of rotatable bonds is 6. The Labute approximate surface area is 223 Å². The maximum Gasteiger partial charge on any atom is 0.302 e. The van der Waals surface area contributed by atoms with Crippen LogP contribution in [0.3, 0.4) is 0 Å². The lowest BCUT2D eigenvalue weighted by Crippen LogP contribution is -2.51. The van der Waals surface area contributed by atoms with Crippen molar-refractivity contribution in [2.45, 2.75) is 97.0 Å². The summed E-state index contributed by atoms with van der Waals surface area (Å²) in [6.07, 6.45) is 11.4. The topological polar surface area (TPSA) is 69.7 Å². The number of carbonyl (C=O) groups excluding carboxylic acids is 1. The quantitative estimate of drug-likeness (QED) is 0.229. The van der Waals surface area contributed by atoms with Crippen LogP contribution in [-0.4, -0.2) is 27.1 Å².